The Morgan fingerprint density at radius 3 is 2.62 bits per heavy atom. The zero-order valence-electron chi connectivity index (χ0n) is 17.0. The molecule has 1 saturated heterocycles. The third kappa shape index (κ3) is 3.60. The van der Waals surface area contributed by atoms with Gasteiger partial charge in [0.05, 0.1) is 0 Å². The molecule has 4 heterocycles. The Kier molecular flexibility index (Phi) is 4.94. The summed E-state index contributed by atoms with van der Waals surface area (Å²) in [6.45, 7) is 5.17. The number of hydrogen-bond donors (Lipinski definition) is 1. The Morgan fingerprint density at radius 2 is 1.79 bits per heavy atom. The van der Waals surface area contributed by atoms with Gasteiger partial charge in [-0.05, 0) is 30.4 Å². The van der Waals surface area contributed by atoms with Crippen LogP contribution in [0.25, 0.3) is 5.57 Å². The Labute approximate surface area is 171 Å². The first-order valence-corrected chi connectivity index (χ1v) is 10.5. The largest absolute Gasteiger partial charge is 0.354 e. The van der Waals surface area contributed by atoms with Crippen LogP contribution in [0.5, 0.6) is 0 Å². The first-order chi connectivity index (χ1) is 14.3. The van der Waals surface area contributed by atoms with Gasteiger partial charge < -0.3 is 19.4 Å². The standard InChI is InChI=1S/C23H28N6/c1-27-15-9-25-23(27)26-10-16-28-12-6-19(7-13-28)21-20-5-3-2-4-18(20)8-14-29-17-11-24-22(21)29/h2-5,9,11,15,17H,6-8,10,12-14,16H2,1H3,(H,25,26). The van der Waals surface area contributed by atoms with Crippen molar-refractivity contribution in [2.75, 3.05) is 31.5 Å². The molecular weight excluding hydrogens is 360 g/mol. The second-order valence-corrected chi connectivity index (χ2v) is 7.96. The van der Waals surface area contributed by atoms with Gasteiger partial charge in [-0.2, -0.15) is 0 Å². The lowest BCUT2D eigenvalue weighted by Crippen LogP contribution is -2.35. The lowest BCUT2D eigenvalue weighted by atomic mass is 9.90. The van der Waals surface area contributed by atoms with Gasteiger partial charge >= 0.3 is 0 Å². The van der Waals surface area contributed by atoms with E-state index < -0.39 is 0 Å². The van der Waals surface area contributed by atoms with E-state index in [4.69, 9.17) is 4.98 Å². The van der Waals surface area contributed by atoms with Crippen molar-refractivity contribution < 1.29 is 0 Å². The smallest absolute Gasteiger partial charge is 0.202 e. The Morgan fingerprint density at radius 1 is 0.966 bits per heavy atom. The third-order valence-corrected chi connectivity index (χ3v) is 6.19. The molecule has 6 nitrogen and oxygen atoms in total. The van der Waals surface area contributed by atoms with Crippen LogP contribution in [0, 0.1) is 0 Å². The Balaban J connectivity index is 1.32. The van der Waals surface area contributed by atoms with Crippen LogP contribution in [0.2, 0.25) is 0 Å². The maximum absolute atomic E-state index is 4.75. The van der Waals surface area contributed by atoms with E-state index in [-0.39, 0.29) is 0 Å². The average Bonchev–Trinajstić information content (AvgIpc) is 3.34. The number of aromatic nitrogens is 4. The van der Waals surface area contributed by atoms with Gasteiger partial charge in [0, 0.05) is 70.1 Å². The minimum Gasteiger partial charge on any atom is -0.354 e. The quantitative estimate of drug-likeness (QED) is 0.746. The molecule has 2 aliphatic heterocycles. The highest BCUT2D eigenvalue weighted by Crippen LogP contribution is 2.35. The molecule has 5 rings (SSSR count). The van der Waals surface area contributed by atoms with Crippen LogP contribution >= 0.6 is 0 Å². The fraction of sp³-hybridized carbons (Fsp3) is 0.391. The maximum Gasteiger partial charge on any atom is 0.202 e. The van der Waals surface area contributed by atoms with Crippen LogP contribution in [0.3, 0.4) is 0 Å². The van der Waals surface area contributed by atoms with Crippen LogP contribution in [0.4, 0.5) is 5.95 Å². The second kappa shape index (κ2) is 7.87. The number of fused-ring (bicyclic) bond motifs is 2. The molecule has 1 aromatic carbocycles. The predicted molar refractivity (Wildman–Crippen MR) is 116 cm³/mol. The lowest BCUT2D eigenvalue weighted by molar-refractivity contribution is 0.266. The molecule has 150 valence electrons. The zero-order valence-corrected chi connectivity index (χ0v) is 17.0. The molecule has 0 atom stereocenters. The Bertz CT molecular complexity index is 1020. The van der Waals surface area contributed by atoms with E-state index in [1.54, 1.807) is 5.57 Å². The summed E-state index contributed by atoms with van der Waals surface area (Å²) in [4.78, 5) is 11.6. The monoisotopic (exact) mass is 388 g/mol. The highest BCUT2D eigenvalue weighted by Gasteiger charge is 2.24. The molecule has 2 aromatic heterocycles. The van der Waals surface area contributed by atoms with Gasteiger partial charge in [0.2, 0.25) is 5.95 Å². The molecule has 0 radical (unpaired) electrons. The number of benzene rings is 1. The molecule has 1 fully saturated rings. The molecule has 1 N–H and O–H groups in total. The van der Waals surface area contributed by atoms with Crippen LogP contribution < -0.4 is 5.32 Å². The van der Waals surface area contributed by atoms with Gasteiger partial charge in [-0.1, -0.05) is 29.8 Å². The van der Waals surface area contributed by atoms with Crippen molar-refractivity contribution in [1.29, 1.82) is 0 Å². The lowest BCUT2D eigenvalue weighted by Gasteiger charge is -2.30. The number of piperidine rings is 1. The third-order valence-electron chi connectivity index (χ3n) is 6.19. The van der Waals surface area contributed by atoms with Crippen molar-refractivity contribution in [1.82, 2.24) is 24.0 Å². The van der Waals surface area contributed by atoms with Crippen molar-refractivity contribution in [3.63, 3.8) is 0 Å². The highest BCUT2D eigenvalue weighted by molar-refractivity contribution is 5.81. The van der Waals surface area contributed by atoms with Crippen molar-refractivity contribution in [2.45, 2.75) is 25.8 Å². The van der Waals surface area contributed by atoms with Crippen LogP contribution in [-0.2, 0) is 20.0 Å². The molecule has 29 heavy (non-hydrogen) atoms. The van der Waals surface area contributed by atoms with Crippen LogP contribution in [0.15, 0.2) is 54.6 Å². The topological polar surface area (TPSA) is 50.9 Å². The number of nitrogens with one attached hydrogen (secondary N) is 1. The number of nitrogens with zero attached hydrogens (tertiary/aromatic N) is 5. The van der Waals surface area contributed by atoms with Gasteiger partial charge in [-0.15, -0.1) is 0 Å². The summed E-state index contributed by atoms with van der Waals surface area (Å²) in [7, 11) is 2.02. The molecule has 0 bridgehead atoms. The minimum absolute atomic E-state index is 0.921. The average molecular weight is 389 g/mol. The van der Waals surface area contributed by atoms with E-state index in [0.717, 1.165) is 63.8 Å². The fourth-order valence-electron chi connectivity index (χ4n) is 4.57. The minimum atomic E-state index is 0.921. The molecule has 0 aliphatic carbocycles. The summed E-state index contributed by atoms with van der Waals surface area (Å²) in [6, 6.07) is 8.88. The first-order valence-electron chi connectivity index (χ1n) is 10.5. The summed E-state index contributed by atoms with van der Waals surface area (Å²) >= 11 is 0. The van der Waals surface area contributed by atoms with Gasteiger partial charge in [0.25, 0.3) is 0 Å². The van der Waals surface area contributed by atoms with E-state index in [1.165, 1.54) is 16.7 Å². The molecule has 0 amide bonds. The molecule has 3 aromatic rings. The molecular formula is C23H28N6. The summed E-state index contributed by atoms with van der Waals surface area (Å²) in [6.07, 6.45) is 11.2. The second-order valence-electron chi connectivity index (χ2n) is 7.96. The number of anilines is 1. The molecule has 0 saturated carbocycles. The highest BCUT2D eigenvalue weighted by atomic mass is 15.2. The number of aryl methyl sites for hydroxylation is 3. The van der Waals surface area contributed by atoms with E-state index in [2.05, 4.69) is 50.2 Å². The van der Waals surface area contributed by atoms with E-state index in [0.29, 0.717) is 0 Å². The van der Waals surface area contributed by atoms with Crippen molar-refractivity contribution in [3.05, 3.63) is 71.6 Å². The van der Waals surface area contributed by atoms with Gasteiger partial charge in [-0.25, -0.2) is 9.97 Å². The van der Waals surface area contributed by atoms with Crippen LogP contribution in [0.1, 0.15) is 29.8 Å². The normalized spacial score (nSPS) is 17.0. The summed E-state index contributed by atoms with van der Waals surface area (Å²) in [5.74, 6) is 2.08. The van der Waals surface area contributed by atoms with Gasteiger partial charge in [-0.3, -0.25) is 0 Å². The molecule has 0 spiro atoms. The zero-order chi connectivity index (χ0) is 19.6. The maximum atomic E-state index is 4.75. The number of hydrogen-bond acceptors (Lipinski definition) is 4. The predicted octanol–water partition coefficient (Wildman–Crippen LogP) is 3.18. The van der Waals surface area contributed by atoms with Crippen molar-refractivity contribution in [3.8, 4) is 0 Å². The summed E-state index contributed by atoms with van der Waals surface area (Å²) in [5.41, 5.74) is 5.77. The molecule has 0 unspecified atom stereocenters. The van der Waals surface area contributed by atoms with E-state index in [1.807, 2.05) is 30.2 Å². The molecule has 6 heteroatoms. The van der Waals surface area contributed by atoms with Crippen LogP contribution in [-0.4, -0.2) is 50.2 Å². The molecule has 2 aliphatic rings. The number of rotatable bonds is 4. The van der Waals surface area contributed by atoms with Gasteiger partial charge in [0.15, 0.2) is 0 Å². The SMILES string of the molecule is Cn1ccnc1NCCN1CCC(=C2c3ccccc3CCn3ccnc32)CC1. The number of likely N-dealkylation sites (tertiary alicyclic amines) is 1. The van der Waals surface area contributed by atoms with Crippen molar-refractivity contribution >= 4 is 11.5 Å². The Hall–Kier alpha value is -2.86. The van der Waals surface area contributed by atoms with E-state index >= 15 is 0 Å². The summed E-state index contributed by atoms with van der Waals surface area (Å²) < 4.78 is 4.34. The number of imidazole rings is 2. The first kappa shape index (κ1) is 18.2. The van der Waals surface area contributed by atoms with E-state index in [9.17, 15) is 0 Å². The van der Waals surface area contributed by atoms with Crippen molar-refractivity contribution in [2.24, 2.45) is 7.05 Å². The van der Waals surface area contributed by atoms with Gasteiger partial charge in [0.1, 0.15) is 5.82 Å². The summed E-state index contributed by atoms with van der Waals surface area (Å²) in [5, 5.41) is 3.43. The fourth-order valence-corrected chi connectivity index (χ4v) is 4.57.